The maximum Gasteiger partial charge on any atom is 0.338 e. The first kappa shape index (κ1) is 21.4. The van der Waals surface area contributed by atoms with Crippen LogP contribution in [-0.2, 0) is 9.53 Å². The van der Waals surface area contributed by atoms with Gasteiger partial charge < -0.3 is 9.15 Å². The second kappa shape index (κ2) is 8.39. The van der Waals surface area contributed by atoms with Gasteiger partial charge in [0.2, 0.25) is 0 Å². The Hall–Kier alpha value is -3.79. The van der Waals surface area contributed by atoms with E-state index in [-0.39, 0.29) is 23.4 Å². The number of hydrogen-bond acceptors (Lipinski definition) is 8. The van der Waals surface area contributed by atoms with Gasteiger partial charge in [0.15, 0.2) is 4.80 Å². The van der Waals surface area contributed by atoms with Gasteiger partial charge in [-0.2, -0.15) is 0 Å². The number of aromatic nitrogens is 1. The van der Waals surface area contributed by atoms with Gasteiger partial charge in [-0.1, -0.05) is 23.5 Å². The topological polar surface area (TPSA) is 117 Å². The molecule has 2 aromatic heterocycles. The van der Waals surface area contributed by atoms with Crippen LogP contribution in [0.15, 0.2) is 61.9 Å². The lowest BCUT2D eigenvalue weighted by molar-refractivity contribution is -0.384. The Balaban J connectivity index is 1.98. The fraction of sp³-hybridized carbons (Fsp3) is 0.227. The predicted octanol–water partition coefficient (Wildman–Crippen LogP) is 2.61. The highest BCUT2D eigenvalue weighted by Crippen LogP contribution is 2.32. The normalized spacial score (nSPS) is 16.0. The highest BCUT2D eigenvalue weighted by atomic mass is 32.1. The van der Waals surface area contributed by atoms with E-state index in [2.05, 4.69) is 4.99 Å². The Morgan fingerprint density at radius 3 is 2.78 bits per heavy atom. The first-order chi connectivity index (χ1) is 15.3. The van der Waals surface area contributed by atoms with Crippen LogP contribution in [0.25, 0.3) is 6.08 Å². The standard InChI is InChI=1S/C22H19N3O6S/c1-4-30-21(27)18-13(3)23-22-24(19(18)14-6-5-7-15(10-14)25(28)29)20(26)17(32-22)11-16-9-8-12(2)31-16/h5-11,19H,4H2,1-3H3/b17-11-. The third kappa shape index (κ3) is 3.80. The molecule has 1 unspecified atom stereocenters. The molecule has 0 saturated carbocycles. The van der Waals surface area contributed by atoms with Crippen LogP contribution < -0.4 is 14.9 Å². The van der Waals surface area contributed by atoms with Gasteiger partial charge in [-0.15, -0.1) is 0 Å². The number of nitro groups is 1. The van der Waals surface area contributed by atoms with E-state index >= 15 is 0 Å². The van der Waals surface area contributed by atoms with Crippen LogP contribution in [0.5, 0.6) is 0 Å². The molecular weight excluding hydrogens is 434 g/mol. The molecule has 1 aliphatic heterocycles. The molecule has 0 spiro atoms. The lowest BCUT2D eigenvalue weighted by atomic mass is 9.95. The van der Waals surface area contributed by atoms with Crippen molar-refractivity contribution in [2.24, 2.45) is 4.99 Å². The van der Waals surface area contributed by atoms with Gasteiger partial charge in [-0.3, -0.25) is 19.5 Å². The molecule has 9 nitrogen and oxygen atoms in total. The lowest BCUT2D eigenvalue weighted by Gasteiger charge is -2.24. The number of nitro benzene ring substituents is 1. The van der Waals surface area contributed by atoms with Crippen molar-refractivity contribution in [3.05, 3.63) is 94.6 Å². The molecule has 0 aliphatic carbocycles. The number of hydrogen-bond donors (Lipinski definition) is 0. The van der Waals surface area contributed by atoms with E-state index in [9.17, 15) is 19.7 Å². The van der Waals surface area contributed by atoms with E-state index in [1.165, 1.54) is 22.8 Å². The molecule has 0 radical (unpaired) electrons. The number of furan rings is 1. The highest BCUT2D eigenvalue weighted by molar-refractivity contribution is 7.07. The number of thiazole rings is 1. The molecular formula is C22H19N3O6S. The largest absolute Gasteiger partial charge is 0.463 e. The molecule has 1 aliphatic rings. The Kier molecular flexibility index (Phi) is 5.62. The predicted molar refractivity (Wildman–Crippen MR) is 117 cm³/mol. The van der Waals surface area contributed by atoms with Crippen LogP contribution in [0, 0.1) is 17.0 Å². The molecule has 0 bridgehead atoms. The number of esters is 1. The maximum absolute atomic E-state index is 13.4. The van der Waals surface area contributed by atoms with Gasteiger partial charge in [0.05, 0.1) is 33.4 Å². The average Bonchev–Trinajstić information content (AvgIpc) is 3.30. The second-order valence-electron chi connectivity index (χ2n) is 7.10. The summed E-state index contributed by atoms with van der Waals surface area (Å²) in [4.78, 5) is 41.9. The van der Waals surface area contributed by atoms with Gasteiger partial charge in [0, 0.05) is 18.2 Å². The van der Waals surface area contributed by atoms with E-state index < -0.39 is 16.9 Å². The van der Waals surface area contributed by atoms with Crippen molar-refractivity contribution < 1.29 is 18.9 Å². The second-order valence-corrected chi connectivity index (χ2v) is 8.11. The summed E-state index contributed by atoms with van der Waals surface area (Å²) >= 11 is 1.15. The average molecular weight is 453 g/mol. The van der Waals surface area contributed by atoms with Crippen LogP contribution in [0.2, 0.25) is 0 Å². The van der Waals surface area contributed by atoms with Gasteiger partial charge >= 0.3 is 5.97 Å². The van der Waals surface area contributed by atoms with Gasteiger partial charge in [0.25, 0.3) is 11.2 Å². The molecule has 0 saturated heterocycles. The Labute approximate surface area is 185 Å². The summed E-state index contributed by atoms with van der Waals surface area (Å²) in [6.45, 7) is 5.27. The third-order valence-corrected chi connectivity index (χ3v) is 5.93. The van der Waals surface area contributed by atoms with E-state index in [0.717, 1.165) is 11.3 Å². The minimum absolute atomic E-state index is 0.138. The lowest BCUT2D eigenvalue weighted by Crippen LogP contribution is -2.39. The number of aryl methyl sites for hydroxylation is 1. The summed E-state index contributed by atoms with van der Waals surface area (Å²) < 4.78 is 12.5. The van der Waals surface area contributed by atoms with Gasteiger partial charge in [-0.25, -0.2) is 9.79 Å². The fourth-order valence-electron chi connectivity index (χ4n) is 3.58. The SMILES string of the molecule is CCOC(=O)C1=C(C)N=c2s/c(=C\c3ccc(C)o3)c(=O)n2C1c1cccc([N+](=O)[O-])c1. The zero-order valence-corrected chi connectivity index (χ0v) is 18.3. The molecule has 0 fully saturated rings. The van der Waals surface area contributed by atoms with Crippen LogP contribution in [0.3, 0.4) is 0 Å². The summed E-state index contributed by atoms with van der Waals surface area (Å²) in [7, 11) is 0. The van der Waals surface area contributed by atoms with Crippen molar-refractivity contribution >= 4 is 29.1 Å². The molecule has 0 N–H and O–H groups in total. The first-order valence-corrected chi connectivity index (χ1v) is 10.6. The number of rotatable bonds is 5. The zero-order valence-electron chi connectivity index (χ0n) is 17.5. The summed E-state index contributed by atoms with van der Waals surface area (Å²) in [5, 5.41) is 11.3. The molecule has 3 aromatic rings. The quantitative estimate of drug-likeness (QED) is 0.333. The fourth-order valence-corrected chi connectivity index (χ4v) is 4.60. The molecule has 4 rings (SSSR count). The number of carbonyl (C=O) groups excluding carboxylic acids is 1. The van der Waals surface area contributed by atoms with E-state index in [4.69, 9.17) is 9.15 Å². The monoisotopic (exact) mass is 453 g/mol. The molecule has 1 atom stereocenters. The van der Waals surface area contributed by atoms with Crippen molar-refractivity contribution in [3.8, 4) is 0 Å². The number of allylic oxidation sites excluding steroid dienone is 1. The Morgan fingerprint density at radius 2 is 2.12 bits per heavy atom. The number of nitrogens with zero attached hydrogens (tertiary/aromatic N) is 3. The number of carbonyl (C=O) groups is 1. The smallest absolute Gasteiger partial charge is 0.338 e. The van der Waals surface area contributed by atoms with E-state index in [0.29, 0.717) is 32.1 Å². The van der Waals surface area contributed by atoms with Crippen molar-refractivity contribution in [3.63, 3.8) is 0 Å². The summed E-state index contributed by atoms with van der Waals surface area (Å²) in [6, 6.07) is 8.50. The zero-order chi connectivity index (χ0) is 23.0. The molecule has 164 valence electrons. The van der Waals surface area contributed by atoms with E-state index in [1.54, 1.807) is 45.0 Å². The maximum atomic E-state index is 13.4. The van der Waals surface area contributed by atoms with Crippen LogP contribution >= 0.6 is 11.3 Å². The molecule has 10 heteroatoms. The molecule has 1 aromatic carbocycles. The number of non-ortho nitro benzene ring substituents is 1. The Bertz CT molecular complexity index is 1440. The minimum Gasteiger partial charge on any atom is -0.463 e. The van der Waals surface area contributed by atoms with Crippen LogP contribution in [0.1, 0.15) is 37.0 Å². The third-order valence-electron chi connectivity index (χ3n) is 4.95. The number of benzene rings is 1. The van der Waals surface area contributed by atoms with Gasteiger partial charge in [-0.05, 0) is 38.5 Å². The highest BCUT2D eigenvalue weighted by Gasteiger charge is 2.34. The molecule has 32 heavy (non-hydrogen) atoms. The van der Waals surface area contributed by atoms with E-state index in [1.807, 2.05) is 0 Å². The van der Waals surface area contributed by atoms with Crippen molar-refractivity contribution in [1.82, 2.24) is 4.57 Å². The summed E-state index contributed by atoms with van der Waals surface area (Å²) in [5.74, 6) is 0.598. The van der Waals surface area contributed by atoms with Crippen molar-refractivity contribution in [2.75, 3.05) is 6.61 Å². The summed E-state index contributed by atoms with van der Waals surface area (Å²) in [5.41, 5.74) is 0.446. The van der Waals surface area contributed by atoms with Crippen molar-refractivity contribution in [2.45, 2.75) is 26.8 Å². The Morgan fingerprint density at radius 1 is 1.34 bits per heavy atom. The number of fused-ring (bicyclic) bond motifs is 1. The van der Waals surface area contributed by atoms with Gasteiger partial charge in [0.1, 0.15) is 11.5 Å². The summed E-state index contributed by atoms with van der Waals surface area (Å²) in [6.07, 6.45) is 1.62. The van der Waals surface area contributed by atoms with Crippen LogP contribution in [-0.4, -0.2) is 22.1 Å². The molecule has 3 heterocycles. The van der Waals surface area contributed by atoms with Crippen LogP contribution in [0.4, 0.5) is 5.69 Å². The first-order valence-electron chi connectivity index (χ1n) is 9.80. The number of ether oxygens (including phenoxy) is 1. The van der Waals surface area contributed by atoms with Crippen molar-refractivity contribution in [1.29, 1.82) is 0 Å². The minimum atomic E-state index is -0.911. The molecule has 0 amide bonds.